The van der Waals surface area contributed by atoms with Crippen molar-refractivity contribution in [2.75, 3.05) is 11.4 Å². The van der Waals surface area contributed by atoms with Crippen LogP contribution < -0.4 is 10.2 Å². The van der Waals surface area contributed by atoms with Crippen LogP contribution >= 0.6 is 11.6 Å². The predicted octanol–water partition coefficient (Wildman–Crippen LogP) is 4.85. The normalized spacial score (nSPS) is 16.6. The van der Waals surface area contributed by atoms with Crippen LogP contribution in [0.15, 0.2) is 76.3 Å². The Labute approximate surface area is 198 Å². The molecule has 0 unspecified atom stereocenters. The van der Waals surface area contributed by atoms with E-state index in [0.717, 1.165) is 17.5 Å². The van der Waals surface area contributed by atoms with Crippen molar-refractivity contribution in [3.05, 3.63) is 88.8 Å². The summed E-state index contributed by atoms with van der Waals surface area (Å²) in [6.07, 6.45) is 2.33. The summed E-state index contributed by atoms with van der Waals surface area (Å²) in [4.78, 5) is 33.0. The van der Waals surface area contributed by atoms with Crippen LogP contribution in [0.25, 0.3) is 0 Å². The van der Waals surface area contributed by atoms with E-state index in [-0.39, 0.29) is 30.8 Å². The second-order valence-electron chi connectivity index (χ2n) is 8.12. The lowest BCUT2D eigenvalue weighted by molar-refractivity contribution is -0.125. The SMILES string of the molecule is CC[C@H](C)[C@@H]1N=C(c2ccccc2)c2cc(Cl)ccc2N(CC(=O)NCc2ccco2)C1=O. The molecule has 1 aromatic heterocycles. The Morgan fingerprint density at radius 1 is 1.18 bits per heavy atom. The van der Waals surface area contributed by atoms with E-state index in [4.69, 9.17) is 21.0 Å². The molecule has 1 aliphatic rings. The zero-order valence-electron chi connectivity index (χ0n) is 18.6. The van der Waals surface area contributed by atoms with Gasteiger partial charge in [-0.1, -0.05) is 62.2 Å². The third-order valence-corrected chi connectivity index (χ3v) is 6.10. The number of nitrogens with zero attached hydrogens (tertiary/aromatic N) is 2. The Bertz CT molecular complexity index is 1160. The van der Waals surface area contributed by atoms with E-state index in [2.05, 4.69) is 5.32 Å². The molecule has 0 fully saturated rings. The van der Waals surface area contributed by atoms with Crippen molar-refractivity contribution >= 4 is 34.8 Å². The van der Waals surface area contributed by atoms with Gasteiger partial charge < -0.3 is 14.6 Å². The Balaban J connectivity index is 1.74. The number of anilines is 1. The van der Waals surface area contributed by atoms with Crippen molar-refractivity contribution < 1.29 is 14.0 Å². The maximum atomic E-state index is 13.7. The van der Waals surface area contributed by atoms with Crippen LogP contribution in [0.5, 0.6) is 0 Å². The average molecular weight is 464 g/mol. The summed E-state index contributed by atoms with van der Waals surface area (Å²) < 4.78 is 5.28. The summed E-state index contributed by atoms with van der Waals surface area (Å²) in [5.41, 5.74) is 2.94. The Morgan fingerprint density at radius 2 is 1.97 bits per heavy atom. The van der Waals surface area contributed by atoms with E-state index < -0.39 is 6.04 Å². The second kappa shape index (κ2) is 10.0. The molecular weight excluding hydrogens is 438 g/mol. The molecule has 0 saturated heterocycles. The first-order valence-electron chi connectivity index (χ1n) is 11.0. The fraction of sp³-hybridized carbons (Fsp3) is 0.269. The highest BCUT2D eigenvalue weighted by atomic mass is 35.5. The van der Waals surface area contributed by atoms with Gasteiger partial charge in [0.1, 0.15) is 18.3 Å². The quantitative estimate of drug-likeness (QED) is 0.544. The van der Waals surface area contributed by atoms with Crippen LogP contribution in [0.4, 0.5) is 5.69 Å². The van der Waals surface area contributed by atoms with Gasteiger partial charge in [0.15, 0.2) is 0 Å². The number of fused-ring (bicyclic) bond motifs is 1. The molecule has 0 aliphatic carbocycles. The minimum absolute atomic E-state index is 0.00493. The zero-order valence-corrected chi connectivity index (χ0v) is 19.4. The fourth-order valence-corrected chi connectivity index (χ4v) is 4.03. The van der Waals surface area contributed by atoms with E-state index in [1.807, 2.05) is 50.2 Å². The van der Waals surface area contributed by atoms with Gasteiger partial charge >= 0.3 is 0 Å². The van der Waals surface area contributed by atoms with Crippen molar-refractivity contribution in [1.29, 1.82) is 0 Å². The highest BCUT2D eigenvalue weighted by Gasteiger charge is 2.35. The second-order valence-corrected chi connectivity index (χ2v) is 8.55. The van der Waals surface area contributed by atoms with Crippen LogP contribution in [0, 0.1) is 5.92 Å². The summed E-state index contributed by atoms with van der Waals surface area (Å²) >= 11 is 6.36. The van der Waals surface area contributed by atoms with Gasteiger partial charge in [-0.05, 0) is 36.2 Å². The van der Waals surface area contributed by atoms with Gasteiger partial charge in [-0.2, -0.15) is 0 Å². The first-order chi connectivity index (χ1) is 16.0. The first-order valence-corrected chi connectivity index (χ1v) is 11.4. The minimum atomic E-state index is -0.616. The Hall–Kier alpha value is -3.38. The maximum Gasteiger partial charge on any atom is 0.252 e. The Morgan fingerprint density at radius 3 is 2.67 bits per heavy atom. The number of amides is 2. The van der Waals surface area contributed by atoms with Crippen molar-refractivity contribution in [1.82, 2.24) is 5.32 Å². The molecule has 2 aromatic carbocycles. The molecule has 0 bridgehead atoms. The zero-order chi connectivity index (χ0) is 23.4. The first kappa shape index (κ1) is 22.8. The average Bonchev–Trinajstić information content (AvgIpc) is 3.32. The summed E-state index contributed by atoms with van der Waals surface area (Å²) in [7, 11) is 0. The molecule has 1 aliphatic heterocycles. The van der Waals surface area contributed by atoms with Crippen molar-refractivity contribution in [3.63, 3.8) is 0 Å². The number of nitrogens with one attached hydrogen (secondary N) is 1. The van der Waals surface area contributed by atoms with Crippen molar-refractivity contribution in [2.45, 2.75) is 32.9 Å². The maximum absolute atomic E-state index is 13.7. The lowest BCUT2D eigenvalue weighted by Crippen LogP contribution is -2.46. The number of furan rings is 1. The van der Waals surface area contributed by atoms with E-state index in [1.54, 1.807) is 30.5 Å². The van der Waals surface area contributed by atoms with Crippen LogP contribution in [-0.4, -0.2) is 30.1 Å². The lowest BCUT2D eigenvalue weighted by atomic mass is 9.98. The smallest absolute Gasteiger partial charge is 0.252 e. The number of carbonyl (C=O) groups excluding carboxylic acids is 2. The monoisotopic (exact) mass is 463 g/mol. The summed E-state index contributed by atoms with van der Waals surface area (Å²) in [6.45, 7) is 4.17. The molecule has 6 nitrogen and oxygen atoms in total. The molecule has 0 radical (unpaired) electrons. The number of carbonyl (C=O) groups is 2. The molecule has 4 rings (SSSR count). The summed E-state index contributed by atoms with van der Waals surface area (Å²) in [6, 6.07) is 18.0. The largest absolute Gasteiger partial charge is 0.467 e. The molecule has 0 saturated carbocycles. The molecule has 1 N–H and O–H groups in total. The number of aliphatic imine (C=N–C) groups is 1. The van der Waals surface area contributed by atoms with Crippen LogP contribution in [0.2, 0.25) is 5.02 Å². The van der Waals surface area contributed by atoms with Gasteiger partial charge in [-0.25, -0.2) is 0 Å². The van der Waals surface area contributed by atoms with Gasteiger partial charge in [0.2, 0.25) is 5.91 Å². The molecular formula is C26H26ClN3O3. The molecule has 170 valence electrons. The molecule has 2 heterocycles. The molecule has 2 atom stereocenters. The number of benzodiazepines with no additional fused rings is 1. The number of hydrogen-bond acceptors (Lipinski definition) is 4. The van der Waals surface area contributed by atoms with Crippen molar-refractivity contribution in [2.24, 2.45) is 10.9 Å². The molecule has 3 aromatic rings. The van der Waals surface area contributed by atoms with Crippen LogP contribution in [-0.2, 0) is 16.1 Å². The van der Waals surface area contributed by atoms with Gasteiger partial charge in [0.25, 0.3) is 5.91 Å². The molecule has 33 heavy (non-hydrogen) atoms. The summed E-state index contributed by atoms with van der Waals surface area (Å²) in [5, 5.41) is 3.36. The highest BCUT2D eigenvalue weighted by molar-refractivity contribution is 6.32. The fourth-order valence-electron chi connectivity index (χ4n) is 3.86. The van der Waals surface area contributed by atoms with Crippen LogP contribution in [0.3, 0.4) is 0 Å². The Kier molecular flexibility index (Phi) is 6.94. The number of halogens is 1. The molecule has 7 heteroatoms. The number of hydrogen-bond donors (Lipinski definition) is 1. The third kappa shape index (κ3) is 5.01. The van der Waals surface area contributed by atoms with E-state index in [0.29, 0.717) is 22.2 Å². The van der Waals surface area contributed by atoms with Gasteiger partial charge in [0, 0.05) is 16.1 Å². The topological polar surface area (TPSA) is 74.9 Å². The lowest BCUT2D eigenvalue weighted by Gasteiger charge is -2.26. The standard InChI is InChI=1S/C26H26ClN3O3/c1-3-17(2)24-26(32)30(16-23(31)28-15-20-10-7-13-33-20)22-12-11-19(27)14-21(22)25(29-24)18-8-5-4-6-9-18/h4-14,17,24H,3,15-16H2,1-2H3,(H,28,31)/t17-,24-/m0/s1. The third-order valence-electron chi connectivity index (χ3n) is 5.86. The minimum Gasteiger partial charge on any atom is -0.467 e. The van der Waals surface area contributed by atoms with Gasteiger partial charge in [0.05, 0.1) is 24.2 Å². The summed E-state index contributed by atoms with van der Waals surface area (Å²) in [5.74, 6) is 0.151. The molecule has 0 spiro atoms. The number of rotatable bonds is 7. The number of benzene rings is 2. The van der Waals surface area contributed by atoms with Gasteiger partial charge in [-0.15, -0.1) is 0 Å². The van der Waals surface area contributed by atoms with Gasteiger partial charge in [-0.3, -0.25) is 14.6 Å². The predicted molar refractivity (Wildman–Crippen MR) is 130 cm³/mol. The van der Waals surface area contributed by atoms with Crippen LogP contribution in [0.1, 0.15) is 37.2 Å². The highest BCUT2D eigenvalue weighted by Crippen LogP contribution is 2.32. The van der Waals surface area contributed by atoms with E-state index in [1.165, 1.54) is 4.90 Å². The molecule has 2 amide bonds. The van der Waals surface area contributed by atoms with E-state index >= 15 is 0 Å². The van der Waals surface area contributed by atoms with Crippen molar-refractivity contribution in [3.8, 4) is 0 Å². The van der Waals surface area contributed by atoms with E-state index in [9.17, 15) is 9.59 Å².